The summed E-state index contributed by atoms with van der Waals surface area (Å²) in [5.74, 6) is 0. The van der Waals surface area contributed by atoms with Crippen LogP contribution in [0.3, 0.4) is 0 Å². The molecular weight excluding hydrogens is 244 g/mol. The van der Waals surface area contributed by atoms with E-state index in [1.807, 2.05) is 0 Å². The minimum absolute atomic E-state index is 0. The molecule has 0 aliphatic rings. The monoisotopic (exact) mass is 252 g/mol. The largest absolute Gasteiger partial charge is 1.00 e. The number of aliphatic imine (C=N–C) groups is 1. The molecule has 0 spiro atoms. The van der Waals surface area contributed by atoms with Gasteiger partial charge >= 0.3 is 37.2 Å². The quantitative estimate of drug-likeness (QED) is 0.317. The van der Waals surface area contributed by atoms with Crippen molar-refractivity contribution in [1.29, 1.82) is 0 Å². The fourth-order valence-corrected chi connectivity index (χ4v) is 1.76. The summed E-state index contributed by atoms with van der Waals surface area (Å²) >= 11 is 4.41. The Hall–Kier alpha value is 0.170. The van der Waals surface area contributed by atoms with Crippen LogP contribution in [0.5, 0.6) is 0 Å². The first kappa shape index (κ1) is 15.2. The summed E-state index contributed by atoms with van der Waals surface area (Å²) in [4.78, 5) is 21.1. The SMILES string of the molecule is O=P(O)(O)Cc1ccc(N=C=S)cc1.[Na+]. The summed E-state index contributed by atoms with van der Waals surface area (Å²) in [5, 5.41) is 2.21. The van der Waals surface area contributed by atoms with Crippen molar-refractivity contribution in [2.75, 3.05) is 0 Å². The molecule has 0 amide bonds. The van der Waals surface area contributed by atoms with Gasteiger partial charge in [0.05, 0.1) is 17.0 Å². The maximum atomic E-state index is 10.7. The maximum Gasteiger partial charge on any atom is 1.00 e. The first-order valence-corrected chi connectivity index (χ1v) is 5.93. The summed E-state index contributed by atoms with van der Waals surface area (Å²) in [5.41, 5.74) is 1.19. The molecular formula is C8H8NNaO3PS+. The molecule has 0 aliphatic carbocycles. The van der Waals surface area contributed by atoms with Crippen LogP contribution in [0.1, 0.15) is 5.56 Å². The van der Waals surface area contributed by atoms with Gasteiger partial charge in [-0.25, -0.2) is 0 Å². The van der Waals surface area contributed by atoms with Gasteiger partial charge in [0.1, 0.15) is 0 Å². The molecule has 0 radical (unpaired) electrons. The second-order valence-corrected chi connectivity index (χ2v) is 4.52. The third kappa shape index (κ3) is 6.36. The Kier molecular flexibility index (Phi) is 6.76. The van der Waals surface area contributed by atoms with Crippen LogP contribution in [-0.4, -0.2) is 14.9 Å². The number of hydrogen-bond acceptors (Lipinski definition) is 3. The van der Waals surface area contributed by atoms with E-state index in [2.05, 4.69) is 22.4 Å². The van der Waals surface area contributed by atoms with E-state index in [-0.39, 0.29) is 35.7 Å². The summed E-state index contributed by atoms with van der Waals surface area (Å²) in [6.45, 7) is 0. The van der Waals surface area contributed by atoms with Gasteiger partial charge in [-0.05, 0) is 29.9 Å². The third-order valence-electron chi connectivity index (χ3n) is 1.50. The van der Waals surface area contributed by atoms with E-state index in [0.717, 1.165) is 0 Å². The number of isothiocyanates is 1. The molecule has 15 heavy (non-hydrogen) atoms. The zero-order chi connectivity index (χ0) is 10.6. The number of rotatable bonds is 3. The van der Waals surface area contributed by atoms with Gasteiger partial charge in [0.15, 0.2) is 0 Å². The topological polar surface area (TPSA) is 69.9 Å². The van der Waals surface area contributed by atoms with Gasteiger partial charge in [0.25, 0.3) is 0 Å². The van der Waals surface area contributed by atoms with Crippen LogP contribution in [0.25, 0.3) is 0 Å². The summed E-state index contributed by atoms with van der Waals surface area (Å²) < 4.78 is 10.7. The van der Waals surface area contributed by atoms with Crippen LogP contribution in [-0.2, 0) is 10.7 Å². The van der Waals surface area contributed by atoms with E-state index in [4.69, 9.17) is 9.79 Å². The molecule has 0 aromatic heterocycles. The van der Waals surface area contributed by atoms with Crippen molar-refractivity contribution in [3.8, 4) is 0 Å². The molecule has 1 rings (SSSR count). The fraction of sp³-hybridized carbons (Fsp3) is 0.125. The number of hydrogen-bond donors (Lipinski definition) is 2. The summed E-state index contributed by atoms with van der Waals surface area (Å²) in [6.07, 6.45) is -0.255. The van der Waals surface area contributed by atoms with Gasteiger partial charge in [-0.3, -0.25) is 4.57 Å². The van der Waals surface area contributed by atoms with Crippen molar-refractivity contribution in [2.45, 2.75) is 6.16 Å². The van der Waals surface area contributed by atoms with Crippen molar-refractivity contribution in [3.05, 3.63) is 29.8 Å². The Morgan fingerprint density at radius 1 is 1.33 bits per heavy atom. The molecule has 7 heteroatoms. The molecule has 74 valence electrons. The zero-order valence-corrected chi connectivity index (χ0v) is 11.8. The standard InChI is InChI=1S/C8H8NO3PS.Na/c10-13(11,12)5-7-1-3-8(4-2-7)9-6-14;/h1-4H,5H2,(H2,10,11,12);/q;+1. The Morgan fingerprint density at radius 2 is 1.87 bits per heavy atom. The molecule has 0 saturated heterocycles. The Morgan fingerprint density at radius 3 is 2.27 bits per heavy atom. The van der Waals surface area contributed by atoms with Gasteiger partial charge in [0, 0.05) is 0 Å². The molecule has 0 saturated carbocycles. The van der Waals surface area contributed by atoms with Crippen molar-refractivity contribution in [2.24, 2.45) is 4.99 Å². The molecule has 0 fully saturated rings. The maximum absolute atomic E-state index is 10.7. The van der Waals surface area contributed by atoms with Crippen LogP contribution in [0.2, 0.25) is 0 Å². The van der Waals surface area contributed by atoms with Gasteiger partial charge in [-0.1, -0.05) is 12.1 Å². The van der Waals surface area contributed by atoms with E-state index in [1.165, 1.54) is 0 Å². The van der Waals surface area contributed by atoms with Crippen LogP contribution in [0.15, 0.2) is 29.3 Å². The second kappa shape index (κ2) is 6.69. The van der Waals surface area contributed by atoms with Gasteiger partial charge in [-0.15, -0.1) is 0 Å². The van der Waals surface area contributed by atoms with Gasteiger partial charge < -0.3 is 9.79 Å². The van der Waals surface area contributed by atoms with E-state index in [1.54, 1.807) is 24.3 Å². The van der Waals surface area contributed by atoms with E-state index in [0.29, 0.717) is 11.3 Å². The van der Waals surface area contributed by atoms with Gasteiger partial charge in [0.2, 0.25) is 0 Å². The van der Waals surface area contributed by atoms with Crippen molar-refractivity contribution in [1.82, 2.24) is 0 Å². The fourth-order valence-electron chi connectivity index (χ4n) is 0.966. The van der Waals surface area contributed by atoms with Gasteiger partial charge in [-0.2, -0.15) is 4.99 Å². The molecule has 4 nitrogen and oxygen atoms in total. The van der Waals surface area contributed by atoms with Crippen molar-refractivity contribution < 1.29 is 43.9 Å². The van der Waals surface area contributed by atoms with E-state index in [9.17, 15) is 4.57 Å². The van der Waals surface area contributed by atoms with E-state index < -0.39 is 7.60 Å². The average molecular weight is 252 g/mol. The second-order valence-electron chi connectivity index (χ2n) is 2.69. The van der Waals surface area contributed by atoms with Crippen LogP contribution in [0, 0.1) is 0 Å². The van der Waals surface area contributed by atoms with Crippen LogP contribution in [0.4, 0.5) is 5.69 Å². The Bertz CT molecular complexity index is 410. The number of benzene rings is 1. The molecule has 0 heterocycles. The van der Waals surface area contributed by atoms with E-state index >= 15 is 0 Å². The van der Waals surface area contributed by atoms with Crippen molar-refractivity contribution in [3.63, 3.8) is 0 Å². The summed E-state index contributed by atoms with van der Waals surface area (Å²) in [7, 11) is -3.98. The predicted octanol–water partition coefficient (Wildman–Crippen LogP) is -0.897. The molecule has 0 aliphatic heterocycles. The molecule has 1 aromatic rings. The average Bonchev–Trinajstić information content (AvgIpc) is 2.06. The molecule has 0 atom stereocenters. The van der Waals surface area contributed by atoms with Crippen molar-refractivity contribution >= 4 is 30.7 Å². The minimum Gasteiger partial charge on any atom is -0.324 e. The Labute approximate surface area is 115 Å². The minimum atomic E-state index is -3.98. The Balaban J connectivity index is 0.00000196. The smallest absolute Gasteiger partial charge is 0.324 e. The third-order valence-corrected chi connectivity index (χ3v) is 2.37. The first-order valence-electron chi connectivity index (χ1n) is 3.73. The molecule has 0 bridgehead atoms. The number of thiocarbonyl (C=S) groups is 1. The molecule has 2 N–H and O–H groups in total. The summed E-state index contributed by atoms with van der Waals surface area (Å²) in [6, 6.07) is 6.46. The zero-order valence-electron chi connectivity index (χ0n) is 8.12. The van der Waals surface area contributed by atoms with Crippen LogP contribution >= 0.6 is 19.8 Å². The first-order chi connectivity index (χ1) is 6.51. The molecule has 1 aromatic carbocycles. The normalized spacial score (nSPS) is 10.0. The number of nitrogens with zero attached hydrogens (tertiary/aromatic N) is 1. The molecule has 0 unspecified atom stereocenters. The predicted molar refractivity (Wildman–Crippen MR) is 56.9 cm³/mol. The van der Waals surface area contributed by atoms with Crippen LogP contribution < -0.4 is 29.6 Å².